The summed E-state index contributed by atoms with van der Waals surface area (Å²) in [4.78, 5) is 0. The summed E-state index contributed by atoms with van der Waals surface area (Å²) in [5.41, 5.74) is 2.84. The Morgan fingerprint density at radius 1 is 1.11 bits per heavy atom. The molecule has 0 unspecified atom stereocenters. The van der Waals surface area contributed by atoms with Gasteiger partial charge in [-0.05, 0) is 41.3 Å². The highest BCUT2D eigenvalue weighted by Gasteiger charge is 2.32. The van der Waals surface area contributed by atoms with E-state index in [1.165, 1.54) is 12.1 Å². The van der Waals surface area contributed by atoms with E-state index in [-0.39, 0.29) is 11.7 Å². The van der Waals surface area contributed by atoms with Gasteiger partial charge in [-0.2, -0.15) is 0 Å². The van der Waals surface area contributed by atoms with Crippen molar-refractivity contribution < 1.29 is 9.50 Å². The topological polar surface area (TPSA) is 20.2 Å². The molecule has 0 saturated heterocycles. The maximum Gasteiger partial charge on any atom is 0.123 e. The van der Waals surface area contributed by atoms with Gasteiger partial charge in [0, 0.05) is 10.9 Å². The fraction of sp³-hybridized carbons (Fsp3) is 0.200. The van der Waals surface area contributed by atoms with Crippen LogP contribution in [0, 0.1) is 5.82 Å². The minimum Gasteiger partial charge on any atom is -0.388 e. The van der Waals surface area contributed by atoms with Gasteiger partial charge in [-0.1, -0.05) is 35.9 Å². The lowest BCUT2D eigenvalue weighted by Crippen LogP contribution is -1.97. The van der Waals surface area contributed by atoms with Crippen LogP contribution in [0.1, 0.15) is 35.1 Å². The van der Waals surface area contributed by atoms with Gasteiger partial charge in [0.05, 0.1) is 6.10 Å². The zero-order valence-corrected chi connectivity index (χ0v) is 10.4. The van der Waals surface area contributed by atoms with Crippen molar-refractivity contribution in [3.05, 3.63) is 70.0 Å². The van der Waals surface area contributed by atoms with Crippen LogP contribution in [0.4, 0.5) is 4.39 Å². The van der Waals surface area contributed by atoms with Crippen LogP contribution in [0.15, 0.2) is 42.5 Å². The van der Waals surface area contributed by atoms with E-state index < -0.39 is 6.10 Å². The molecule has 1 aliphatic rings. The molecule has 1 aliphatic carbocycles. The lowest BCUT2D eigenvalue weighted by atomic mass is 9.93. The Balaban J connectivity index is 2.10. The number of halogens is 2. The first kappa shape index (κ1) is 11.7. The Kier molecular flexibility index (Phi) is 2.84. The zero-order valence-electron chi connectivity index (χ0n) is 9.61. The molecule has 18 heavy (non-hydrogen) atoms. The summed E-state index contributed by atoms with van der Waals surface area (Å²) in [6.45, 7) is 0. The van der Waals surface area contributed by atoms with E-state index >= 15 is 0 Å². The van der Waals surface area contributed by atoms with Crippen molar-refractivity contribution in [2.45, 2.75) is 18.4 Å². The van der Waals surface area contributed by atoms with E-state index in [0.717, 1.165) is 16.7 Å². The summed E-state index contributed by atoms with van der Waals surface area (Å²) in [5.74, 6) is -0.207. The van der Waals surface area contributed by atoms with E-state index in [9.17, 15) is 9.50 Å². The molecule has 0 spiro atoms. The average molecular weight is 263 g/mol. The second kappa shape index (κ2) is 4.38. The summed E-state index contributed by atoms with van der Waals surface area (Å²) >= 11 is 6.23. The third kappa shape index (κ3) is 1.82. The number of aliphatic hydroxyl groups is 1. The number of benzene rings is 2. The van der Waals surface area contributed by atoms with E-state index in [1.54, 1.807) is 12.1 Å². The number of rotatable bonds is 1. The Morgan fingerprint density at radius 3 is 2.56 bits per heavy atom. The molecule has 0 amide bonds. The van der Waals surface area contributed by atoms with Crippen molar-refractivity contribution in [2.24, 2.45) is 0 Å². The average Bonchev–Trinajstić information content (AvgIpc) is 2.70. The SMILES string of the molecule is O[C@H]1C[C@@H](c2ccc(F)cc2)c2c(Cl)cccc21. The highest BCUT2D eigenvalue weighted by Crippen LogP contribution is 2.46. The molecule has 2 aromatic carbocycles. The Hall–Kier alpha value is -1.38. The highest BCUT2D eigenvalue weighted by molar-refractivity contribution is 6.31. The Morgan fingerprint density at radius 2 is 1.83 bits per heavy atom. The molecule has 0 aromatic heterocycles. The fourth-order valence-corrected chi connectivity index (χ4v) is 2.99. The molecule has 3 heteroatoms. The van der Waals surface area contributed by atoms with Crippen molar-refractivity contribution in [2.75, 3.05) is 0 Å². The van der Waals surface area contributed by atoms with E-state index in [1.807, 2.05) is 18.2 Å². The summed E-state index contributed by atoms with van der Waals surface area (Å²) in [7, 11) is 0. The van der Waals surface area contributed by atoms with Gasteiger partial charge in [-0.25, -0.2) is 4.39 Å². The minimum absolute atomic E-state index is 0.0456. The first-order valence-electron chi connectivity index (χ1n) is 5.88. The highest BCUT2D eigenvalue weighted by atomic mass is 35.5. The van der Waals surface area contributed by atoms with Crippen molar-refractivity contribution in [3.8, 4) is 0 Å². The lowest BCUT2D eigenvalue weighted by Gasteiger charge is -2.13. The molecule has 1 nitrogen and oxygen atoms in total. The molecule has 0 bridgehead atoms. The number of aliphatic hydroxyl groups excluding tert-OH is 1. The van der Waals surface area contributed by atoms with Gasteiger partial charge in [0.15, 0.2) is 0 Å². The van der Waals surface area contributed by atoms with E-state index in [4.69, 9.17) is 11.6 Å². The predicted molar refractivity (Wildman–Crippen MR) is 69.3 cm³/mol. The normalized spacial score (nSPS) is 21.9. The smallest absolute Gasteiger partial charge is 0.123 e. The standard InChI is InChI=1S/C15H12ClFO/c16-13-3-1-2-11-14(18)8-12(15(11)13)9-4-6-10(17)7-5-9/h1-7,12,14,18H,8H2/t12-,14-/m0/s1. The molecule has 3 rings (SSSR count). The molecular formula is C15H12ClFO. The van der Waals surface area contributed by atoms with Crippen molar-refractivity contribution in [3.63, 3.8) is 0 Å². The van der Waals surface area contributed by atoms with Crippen molar-refractivity contribution >= 4 is 11.6 Å². The molecule has 0 heterocycles. The van der Waals surface area contributed by atoms with Gasteiger partial charge in [0.2, 0.25) is 0 Å². The molecule has 0 fully saturated rings. The molecule has 1 N–H and O–H groups in total. The first-order chi connectivity index (χ1) is 8.66. The fourth-order valence-electron chi connectivity index (χ4n) is 2.68. The van der Waals surface area contributed by atoms with E-state index in [0.29, 0.717) is 11.4 Å². The Labute approximate surface area is 110 Å². The zero-order chi connectivity index (χ0) is 12.7. The molecular weight excluding hydrogens is 251 g/mol. The number of hydrogen-bond donors (Lipinski definition) is 1. The summed E-state index contributed by atoms with van der Waals surface area (Å²) < 4.78 is 13.0. The van der Waals surface area contributed by atoms with Gasteiger partial charge in [-0.3, -0.25) is 0 Å². The second-order valence-electron chi connectivity index (χ2n) is 4.60. The summed E-state index contributed by atoms with van der Waals surface area (Å²) in [6.07, 6.45) is 0.110. The van der Waals surface area contributed by atoms with Crippen LogP contribution in [-0.4, -0.2) is 5.11 Å². The van der Waals surface area contributed by atoms with E-state index in [2.05, 4.69) is 0 Å². The van der Waals surface area contributed by atoms with Crippen molar-refractivity contribution in [1.82, 2.24) is 0 Å². The lowest BCUT2D eigenvalue weighted by molar-refractivity contribution is 0.176. The van der Waals surface area contributed by atoms with Crippen LogP contribution < -0.4 is 0 Å². The third-order valence-electron chi connectivity index (χ3n) is 3.53. The van der Waals surface area contributed by atoms with Gasteiger partial charge in [0.25, 0.3) is 0 Å². The number of hydrogen-bond acceptors (Lipinski definition) is 1. The van der Waals surface area contributed by atoms with Gasteiger partial charge in [0.1, 0.15) is 5.82 Å². The molecule has 2 atom stereocenters. The van der Waals surface area contributed by atoms with Gasteiger partial charge >= 0.3 is 0 Å². The predicted octanol–water partition coefficient (Wildman–Crippen LogP) is 4.05. The van der Waals surface area contributed by atoms with Crippen LogP contribution in [0.2, 0.25) is 5.02 Å². The van der Waals surface area contributed by atoms with Gasteiger partial charge in [-0.15, -0.1) is 0 Å². The van der Waals surface area contributed by atoms with Crippen LogP contribution in [0.5, 0.6) is 0 Å². The molecule has 0 aliphatic heterocycles. The van der Waals surface area contributed by atoms with Crippen LogP contribution in [0.3, 0.4) is 0 Å². The van der Waals surface area contributed by atoms with Crippen LogP contribution >= 0.6 is 11.6 Å². The molecule has 92 valence electrons. The molecule has 0 saturated carbocycles. The third-order valence-corrected chi connectivity index (χ3v) is 3.86. The minimum atomic E-state index is -0.492. The summed E-state index contributed by atoms with van der Waals surface area (Å²) in [5, 5.41) is 10.7. The molecule has 2 aromatic rings. The van der Waals surface area contributed by atoms with Crippen LogP contribution in [-0.2, 0) is 0 Å². The van der Waals surface area contributed by atoms with Gasteiger partial charge < -0.3 is 5.11 Å². The first-order valence-corrected chi connectivity index (χ1v) is 6.26. The monoisotopic (exact) mass is 262 g/mol. The number of fused-ring (bicyclic) bond motifs is 1. The van der Waals surface area contributed by atoms with Crippen molar-refractivity contribution in [1.29, 1.82) is 0 Å². The molecule has 0 radical (unpaired) electrons. The summed E-state index contributed by atoms with van der Waals surface area (Å²) in [6, 6.07) is 12.0. The largest absolute Gasteiger partial charge is 0.388 e. The van der Waals surface area contributed by atoms with Crippen LogP contribution in [0.25, 0.3) is 0 Å². The quantitative estimate of drug-likeness (QED) is 0.822. The maximum absolute atomic E-state index is 13.0. The Bertz CT molecular complexity index is 580. The maximum atomic E-state index is 13.0. The second-order valence-corrected chi connectivity index (χ2v) is 5.01.